The van der Waals surface area contributed by atoms with Crippen molar-refractivity contribution >= 4 is 27.2 Å². The van der Waals surface area contributed by atoms with Gasteiger partial charge in [-0.2, -0.15) is 13.4 Å². The molecule has 3 rings (SSSR count). The summed E-state index contributed by atoms with van der Waals surface area (Å²) < 4.78 is 35.8. The molecule has 3 aromatic rings. The smallest absolute Gasteiger partial charge is 0.297 e. The Hall–Kier alpha value is -2.76. The Balaban J connectivity index is 1.55. The van der Waals surface area contributed by atoms with E-state index in [9.17, 15) is 13.2 Å². The first-order valence-electron chi connectivity index (χ1n) is 7.61. The highest BCUT2D eigenvalue weighted by molar-refractivity contribution is 7.86. The van der Waals surface area contributed by atoms with Crippen LogP contribution in [0.5, 0.6) is 0 Å². The molecule has 0 spiro atoms. The number of aromatic amines is 1. The molecule has 0 fully saturated rings. The van der Waals surface area contributed by atoms with Gasteiger partial charge in [0.1, 0.15) is 6.73 Å². The molecule has 0 unspecified atom stereocenters. The Morgan fingerprint density at radius 2 is 1.96 bits per heavy atom. The van der Waals surface area contributed by atoms with E-state index in [1.54, 1.807) is 12.1 Å². The second-order valence-corrected chi connectivity index (χ2v) is 7.08. The highest BCUT2D eigenvalue weighted by Crippen LogP contribution is 2.13. The summed E-state index contributed by atoms with van der Waals surface area (Å²) in [5.74, 6) is -0.0308. The van der Waals surface area contributed by atoms with Crippen LogP contribution in [-0.2, 0) is 25.8 Å². The second-order valence-electron chi connectivity index (χ2n) is 5.46. The van der Waals surface area contributed by atoms with Gasteiger partial charge >= 0.3 is 0 Å². The van der Waals surface area contributed by atoms with Crippen molar-refractivity contribution in [2.24, 2.45) is 0 Å². The fourth-order valence-corrected chi connectivity index (χ4v) is 3.10. The Morgan fingerprint density at radius 3 is 2.69 bits per heavy atom. The van der Waals surface area contributed by atoms with Gasteiger partial charge in [-0.3, -0.25) is 18.5 Å². The number of nitrogens with zero attached hydrogens (tertiary/aromatic N) is 3. The van der Waals surface area contributed by atoms with Crippen LogP contribution in [0.1, 0.15) is 5.56 Å². The molecular weight excluding hydrogens is 362 g/mol. The molecule has 138 valence electrons. The molecule has 0 radical (unpaired) electrons. The summed E-state index contributed by atoms with van der Waals surface area (Å²) in [6.45, 7) is 1.74. The lowest BCUT2D eigenvalue weighted by Gasteiger charge is -2.08. The van der Waals surface area contributed by atoms with Crippen LogP contribution in [0.3, 0.4) is 0 Å². The van der Waals surface area contributed by atoms with Gasteiger partial charge in [-0.05, 0) is 19.1 Å². The molecule has 0 aliphatic rings. The number of hydrogen-bond donors (Lipinski definition) is 2. The first-order chi connectivity index (χ1) is 12.4. The van der Waals surface area contributed by atoms with Crippen molar-refractivity contribution < 1.29 is 17.3 Å². The number of H-pyrrole nitrogens is 1. The third kappa shape index (κ3) is 3.90. The summed E-state index contributed by atoms with van der Waals surface area (Å²) in [6.07, 6.45) is 1.39. The number of ether oxygens (including phenoxy) is 1. The van der Waals surface area contributed by atoms with E-state index in [4.69, 9.17) is 14.7 Å². The fraction of sp³-hybridized carbons (Fsp3) is 0.267. The number of aryl methyl sites for hydroxylation is 1. The number of hydrogen-bond acceptors (Lipinski definition) is 8. The van der Waals surface area contributed by atoms with Crippen LogP contribution in [0.2, 0.25) is 0 Å². The van der Waals surface area contributed by atoms with E-state index in [2.05, 4.69) is 15.0 Å². The average molecular weight is 379 g/mol. The topological polar surface area (TPSA) is 142 Å². The lowest BCUT2D eigenvalue weighted by Crippen LogP contribution is -2.14. The summed E-state index contributed by atoms with van der Waals surface area (Å²) in [5.41, 5.74) is 6.43. The maximum absolute atomic E-state index is 12.0. The number of fused-ring (bicyclic) bond motifs is 1. The molecule has 0 aliphatic heterocycles. The van der Waals surface area contributed by atoms with E-state index < -0.39 is 15.7 Å². The number of imidazole rings is 1. The highest BCUT2D eigenvalue weighted by Gasteiger charge is 2.14. The average Bonchev–Trinajstić information content (AvgIpc) is 2.98. The number of anilines is 1. The van der Waals surface area contributed by atoms with E-state index in [0.29, 0.717) is 0 Å². The lowest BCUT2D eigenvalue weighted by molar-refractivity contribution is 0.0570. The molecular formula is C15H17N5O5S. The van der Waals surface area contributed by atoms with Crippen LogP contribution in [0, 0.1) is 6.92 Å². The van der Waals surface area contributed by atoms with Crippen molar-refractivity contribution in [2.45, 2.75) is 18.6 Å². The molecule has 3 N–H and O–H groups in total. The van der Waals surface area contributed by atoms with E-state index in [1.165, 1.54) is 23.0 Å². The summed E-state index contributed by atoms with van der Waals surface area (Å²) >= 11 is 0. The standard InChI is InChI=1S/C15H17N5O5S/c1-10-2-4-11(5-3-10)26(22,23)25-7-6-24-9-20-8-17-12-13(20)18-15(16)19-14(12)21/h2-5,8H,6-7,9H2,1H3,(H3,16,18,19,21). The SMILES string of the molecule is Cc1ccc(S(=O)(=O)OCCOCn2cnc3c(=O)[nH]c(N)nc32)cc1. The van der Waals surface area contributed by atoms with Gasteiger partial charge in [-0.25, -0.2) is 4.98 Å². The van der Waals surface area contributed by atoms with Crippen LogP contribution in [-0.4, -0.2) is 41.2 Å². The first-order valence-corrected chi connectivity index (χ1v) is 9.02. The fourth-order valence-electron chi connectivity index (χ4n) is 2.20. The Kier molecular flexibility index (Phi) is 5.02. The molecule has 0 saturated heterocycles. The molecule has 26 heavy (non-hydrogen) atoms. The van der Waals surface area contributed by atoms with E-state index in [1.807, 2.05) is 6.92 Å². The van der Waals surface area contributed by atoms with Crippen LogP contribution in [0.4, 0.5) is 5.95 Å². The lowest BCUT2D eigenvalue weighted by atomic mass is 10.2. The minimum Gasteiger partial charge on any atom is -0.369 e. The number of nitrogens with one attached hydrogen (secondary N) is 1. The summed E-state index contributed by atoms with van der Waals surface area (Å²) in [5, 5.41) is 0. The van der Waals surface area contributed by atoms with Crippen molar-refractivity contribution in [2.75, 3.05) is 18.9 Å². The minimum absolute atomic E-state index is 0.0142. The van der Waals surface area contributed by atoms with Crippen LogP contribution in [0.15, 0.2) is 40.3 Å². The molecule has 0 atom stereocenters. The quantitative estimate of drug-likeness (QED) is 0.443. The first kappa shape index (κ1) is 18.0. The monoisotopic (exact) mass is 379 g/mol. The third-order valence-corrected chi connectivity index (χ3v) is 4.83. The summed E-state index contributed by atoms with van der Waals surface area (Å²) in [6, 6.07) is 6.35. The van der Waals surface area contributed by atoms with Gasteiger partial charge in [-0.1, -0.05) is 17.7 Å². The number of rotatable bonds is 7. The molecule has 2 heterocycles. The maximum Gasteiger partial charge on any atom is 0.297 e. The highest BCUT2D eigenvalue weighted by atomic mass is 32.2. The van der Waals surface area contributed by atoms with Crippen molar-refractivity contribution in [1.29, 1.82) is 0 Å². The number of benzene rings is 1. The van der Waals surface area contributed by atoms with Gasteiger partial charge in [0, 0.05) is 0 Å². The Morgan fingerprint density at radius 1 is 1.23 bits per heavy atom. The van der Waals surface area contributed by atoms with Gasteiger partial charge in [0.2, 0.25) is 5.95 Å². The zero-order chi connectivity index (χ0) is 18.7. The van der Waals surface area contributed by atoms with E-state index >= 15 is 0 Å². The van der Waals surface area contributed by atoms with Gasteiger partial charge in [-0.15, -0.1) is 0 Å². The van der Waals surface area contributed by atoms with Gasteiger partial charge in [0.15, 0.2) is 11.2 Å². The van der Waals surface area contributed by atoms with E-state index in [0.717, 1.165) is 5.56 Å². The van der Waals surface area contributed by atoms with Crippen molar-refractivity contribution in [3.05, 3.63) is 46.5 Å². The normalized spacial score (nSPS) is 11.9. The van der Waals surface area contributed by atoms with Gasteiger partial charge < -0.3 is 10.5 Å². The Bertz CT molecular complexity index is 1070. The summed E-state index contributed by atoms with van der Waals surface area (Å²) in [4.78, 5) is 22.0. The maximum atomic E-state index is 12.0. The zero-order valence-electron chi connectivity index (χ0n) is 13.9. The number of aromatic nitrogens is 4. The molecule has 10 nitrogen and oxygen atoms in total. The van der Waals surface area contributed by atoms with Crippen molar-refractivity contribution in [1.82, 2.24) is 19.5 Å². The van der Waals surface area contributed by atoms with Crippen LogP contribution < -0.4 is 11.3 Å². The van der Waals surface area contributed by atoms with Gasteiger partial charge in [0.25, 0.3) is 15.7 Å². The third-order valence-electron chi connectivity index (χ3n) is 3.50. The molecule has 0 aliphatic carbocycles. The predicted molar refractivity (Wildman–Crippen MR) is 92.8 cm³/mol. The number of nitrogens with two attached hydrogens (primary N) is 1. The largest absolute Gasteiger partial charge is 0.369 e. The van der Waals surface area contributed by atoms with Crippen molar-refractivity contribution in [3.63, 3.8) is 0 Å². The van der Waals surface area contributed by atoms with Crippen molar-refractivity contribution in [3.8, 4) is 0 Å². The van der Waals surface area contributed by atoms with Crippen LogP contribution in [0.25, 0.3) is 11.2 Å². The minimum atomic E-state index is -3.83. The zero-order valence-corrected chi connectivity index (χ0v) is 14.7. The second kappa shape index (κ2) is 7.23. The molecule has 11 heteroatoms. The predicted octanol–water partition coefficient (Wildman–Crippen LogP) is 0.390. The Labute approximate surface area is 148 Å². The summed E-state index contributed by atoms with van der Waals surface area (Å²) in [7, 11) is -3.83. The van der Waals surface area contributed by atoms with Gasteiger partial charge in [0.05, 0.1) is 24.4 Å². The molecule has 0 saturated carbocycles. The van der Waals surface area contributed by atoms with Crippen LogP contribution >= 0.6 is 0 Å². The molecule has 2 aromatic heterocycles. The molecule has 0 amide bonds. The molecule has 1 aromatic carbocycles. The van der Waals surface area contributed by atoms with E-state index in [-0.39, 0.29) is 42.0 Å². The number of nitrogen functional groups attached to an aromatic ring is 1. The molecule has 0 bridgehead atoms.